The standard InChI is InChI=1S/C14H13FN2OS/c15-10-4-3-5-11(8-10)19-13-7-2-1-6-12(13)17-14(18)9-16/h1-8H,9,16H2,(H,17,18). The number of rotatable bonds is 4. The summed E-state index contributed by atoms with van der Waals surface area (Å²) < 4.78 is 13.1. The van der Waals surface area contributed by atoms with Crippen LogP contribution in [0.4, 0.5) is 10.1 Å². The Morgan fingerprint density at radius 2 is 2.00 bits per heavy atom. The number of anilines is 1. The first-order valence-corrected chi connectivity index (χ1v) is 6.53. The van der Waals surface area contributed by atoms with Crippen molar-refractivity contribution in [1.29, 1.82) is 0 Å². The molecule has 5 heteroatoms. The zero-order chi connectivity index (χ0) is 13.7. The number of nitrogens with two attached hydrogens (primary N) is 1. The van der Waals surface area contributed by atoms with Crippen molar-refractivity contribution in [2.24, 2.45) is 5.73 Å². The molecule has 0 radical (unpaired) electrons. The summed E-state index contributed by atoms with van der Waals surface area (Å²) in [5, 5.41) is 2.72. The number of carbonyl (C=O) groups excluding carboxylic acids is 1. The van der Waals surface area contributed by atoms with Crippen molar-refractivity contribution in [2.75, 3.05) is 11.9 Å². The van der Waals surface area contributed by atoms with Crippen LogP contribution in [0.15, 0.2) is 58.3 Å². The Balaban J connectivity index is 2.22. The van der Waals surface area contributed by atoms with Crippen LogP contribution in [-0.4, -0.2) is 12.5 Å². The largest absolute Gasteiger partial charge is 0.324 e. The molecule has 0 aliphatic carbocycles. The van der Waals surface area contributed by atoms with Crippen LogP contribution in [0.25, 0.3) is 0 Å². The van der Waals surface area contributed by atoms with E-state index in [9.17, 15) is 9.18 Å². The maximum atomic E-state index is 13.1. The predicted molar refractivity (Wildman–Crippen MR) is 74.6 cm³/mol. The lowest BCUT2D eigenvalue weighted by molar-refractivity contribution is -0.114. The van der Waals surface area contributed by atoms with Gasteiger partial charge in [0.2, 0.25) is 5.91 Å². The van der Waals surface area contributed by atoms with Crippen molar-refractivity contribution in [3.05, 3.63) is 54.3 Å². The highest BCUT2D eigenvalue weighted by atomic mass is 32.2. The van der Waals surface area contributed by atoms with E-state index in [1.165, 1.54) is 23.9 Å². The first kappa shape index (κ1) is 13.6. The molecular weight excluding hydrogens is 263 g/mol. The van der Waals surface area contributed by atoms with E-state index in [-0.39, 0.29) is 18.3 Å². The van der Waals surface area contributed by atoms with Gasteiger partial charge >= 0.3 is 0 Å². The SMILES string of the molecule is NCC(=O)Nc1ccccc1Sc1cccc(F)c1. The highest BCUT2D eigenvalue weighted by Gasteiger charge is 2.07. The van der Waals surface area contributed by atoms with Crippen molar-refractivity contribution in [1.82, 2.24) is 0 Å². The summed E-state index contributed by atoms with van der Waals surface area (Å²) in [4.78, 5) is 12.9. The van der Waals surface area contributed by atoms with Crippen molar-refractivity contribution >= 4 is 23.4 Å². The zero-order valence-electron chi connectivity index (χ0n) is 10.1. The molecule has 0 aliphatic heterocycles. The fourth-order valence-corrected chi connectivity index (χ4v) is 2.47. The molecule has 98 valence electrons. The molecule has 1 amide bonds. The molecule has 2 rings (SSSR count). The number of nitrogens with one attached hydrogen (secondary N) is 1. The molecule has 3 nitrogen and oxygen atoms in total. The number of benzene rings is 2. The number of hydrogen-bond acceptors (Lipinski definition) is 3. The normalized spacial score (nSPS) is 10.2. The van der Waals surface area contributed by atoms with E-state index in [0.717, 1.165) is 9.79 Å². The van der Waals surface area contributed by atoms with Crippen molar-refractivity contribution in [3.8, 4) is 0 Å². The maximum absolute atomic E-state index is 13.1. The smallest absolute Gasteiger partial charge is 0.238 e. The average Bonchev–Trinajstić information content (AvgIpc) is 2.41. The number of halogens is 1. The van der Waals surface area contributed by atoms with E-state index < -0.39 is 0 Å². The quantitative estimate of drug-likeness (QED) is 0.902. The van der Waals surface area contributed by atoms with Gasteiger partial charge in [-0.15, -0.1) is 0 Å². The average molecular weight is 276 g/mol. The number of carbonyl (C=O) groups is 1. The van der Waals surface area contributed by atoms with E-state index in [1.807, 2.05) is 24.3 Å². The minimum absolute atomic E-state index is 0.0705. The molecule has 0 spiro atoms. The number of para-hydroxylation sites is 1. The lowest BCUT2D eigenvalue weighted by Gasteiger charge is -2.10. The topological polar surface area (TPSA) is 55.1 Å². The second kappa shape index (κ2) is 6.36. The number of hydrogen-bond donors (Lipinski definition) is 2. The summed E-state index contributed by atoms with van der Waals surface area (Å²) in [6.07, 6.45) is 0. The lowest BCUT2D eigenvalue weighted by Crippen LogP contribution is -2.22. The zero-order valence-corrected chi connectivity index (χ0v) is 10.9. The van der Waals surface area contributed by atoms with Crippen molar-refractivity contribution < 1.29 is 9.18 Å². The van der Waals surface area contributed by atoms with E-state index in [1.54, 1.807) is 12.1 Å². The molecule has 19 heavy (non-hydrogen) atoms. The highest BCUT2D eigenvalue weighted by Crippen LogP contribution is 2.33. The summed E-state index contributed by atoms with van der Waals surface area (Å²) in [5.41, 5.74) is 5.95. The van der Waals surface area contributed by atoms with Gasteiger partial charge in [0.25, 0.3) is 0 Å². The van der Waals surface area contributed by atoms with Crippen molar-refractivity contribution in [2.45, 2.75) is 9.79 Å². The molecule has 2 aromatic rings. The molecule has 2 aromatic carbocycles. The van der Waals surface area contributed by atoms with Crippen LogP contribution in [0.1, 0.15) is 0 Å². The molecule has 0 aliphatic rings. The summed E-state index contributed by atoms with van der Waals surface area (Å²) in [6, 6.07) is 13.6. The first-order valence-electron chi connectivity index (χ1n) is 5.71. The van der Waals surface area contributed by atoms with E-state index in [0.29, 0.717) is 5.69 Å². The Morgan fingerprint density at radius 1 is 1.21 bits per heavy atom. The van der Waals surface area contributed by atoms with E-state index in [4.69, 9.17) is 5.73 Å². The van der Waals surface area contributed by atoms with Crippen LogP contribution in [0.2, 0.25) is 0 Å². The van der Waals surface area contributed by atoms with Gasteiger partial charge in [-0.3, -0.25) is 4.79 Å². The van der Waals surface area contributed by atoms with Gasteiger partial charge in [-0.2, -0.15) is 0 Å². The Morgan fingerprint density at radius 3 is 2.74 bits per heavy atom. The summed E-state index contributed by atoms with van der Waals surface area (Å²) in [7, 11) is 0. The minimum atomic E-state index is -0.284. The third-order valence-corrected chi connectivity index (χ3v) is 3.44. The molecule has 0 fully saturated rings. The molecule has 0 unspecified atom stereocenters. The fraction of sp³-hybridized carbons (Fsp3) is 0.0714. The van der Waals surface area contributed by atoms with Gasteiger partial charge in [0.1, 0.15) is 5.82 Å². The Labute approximate surface area is 115 Å². The lowest BCUT2D eigenvalue weighted by atomic mass is 10.3. The molecular formula is C14H13FN2OS. The van der Waals surface area contributed by atoms with Gasteiger partial charge in [0, 0.05) is 9.79 Å². The van der Waals surface area contributed by atoms with Gasteiger partial charge in [-0.1, -0.05) is 30.0 Å². The van der Waals surface area contributed by atoms with Crippen molar-refractivity contribution in [3.63, 3.8) is 0 Å². The summed E-state index contributed by atoms with van der Waals surface area (Å²) in [6.45, 7) is -0.0705. The Bertz CT molecular complexity index is 589. The van der Waals surface area contributed by atoms with Gasteiger partial charge in [-0.05, 0) is 30.3 Å². The van der Waals surface area contributed by atoms with Crippen LogP contribution in [0.5, 0.6) is 0 Å². The summed E-state index contributed by atoms with van der Waals surface area (Å²) >= 11 is 1.39. The highest BCUT2D eigenvalue weighted by molar-refractivity contribution is 7.99. The second-order valence-corrected chi connectivity index (χ2v) is 4.92. The molecule has 0 saturated carbocycles. The minimum Gasteiger partial charge on any atom is -0.324 e. The first-order chi connectivity index (χ1) is 9.19. The van der Waals surface area contributed by atoms with Gasteiger partial charge in [0.05, 0.1) is 12.2 Å². The van der Waals surface area contributed by atoms with Gasteiger partial charge in [0.15, 0.2) is 0 Å². The summed E-state index contributed by atoms with van der Waals surface area (Å²) in [5.74, 6) is -0.541. The van der Waals surface area contributed by atoms with Gasteiger partial charge < -0.3 is 11.1 Å². The molecule has 3 N–H and O–H groups in total. The van der Waals surface area contributed by atoms with Gasteiger partial charge in [-0.25, -0.2) is 4.39 Å². The van der Waals surface area contributed by atoms with Crippen LogP contribution in [0.3, 0.4) is 0 Å². The second-order valence-electron chi connectivity index (χ2n) is 3.81. The monoisotopic (exact) mass is 276 g/mol. The fourth-order valence-electron chi connectivity index (χ4n) is 1.52. The Kier molecular flexibility index (Phi) is 4.54. The number of amides is 1. The Hall–Kier alpha value is -1.85. The maximum Gasteiger partial charge on any atom is 0.238 e. The third kappa shape index (κ3) is 3.81. The predicted octanol–water partition coefficient (Wildman–Crippen LogP) is 2.87. The molecule has 0 aromatic heterocycles. The molecule has 0 saturated heterocycles. The molecule has 0 bridgehead atoms. The van der Waals surface area contributed by atoms with Crippen LogP contribution in [-0.2, 0) is 4.79 Å². The molecule has 0 heterocycles. The van der Waals surface area contributed by atoms with Crippen LogP contribution in [0, 0.1) is 5.82 Å². The molecule has 0 atom stereocenters. The van der Waals surface area contributed by atoms with E-state index in [2.05, 4.69) is 5.32 Å². The van der Waals surface area contributed by atoms with E-state index >= 15 is 0 Å². The third-order valence-electron chi connectivity index (χ3n) is 2.37. The van der Waals surface area contributed by atoms with Crippen LogP contribution >= 0.6 is 11.8 Å². The van der Waals surface area contributed by atoms with Crippen LogP contribution < -0.4 is 11.1 Å².